The number of esters is 1. The van der Waals surface area contributed by atoms with Gasteiger partial charge in [0, 0.05) is 6.04 Å². The van der Waals surface area contributed by atoms with Gasteiger partial charge in [0.25, 0.3) is 0 Å². The van der Waals surface area contributed by atoms with Crippen LogP contribution in [0.1, 0.15) is 23.2 Å². The predicted molar refractivity (Wildman–Crippen MR) is 67.1 cm³/mol. The molecule has 0 spiro atoms. The van der Waals surface area contributed by atoms with Crippen LogP contribution in [0, 0.1) is 0 Å². The van der Waals surface area contributed by atoms with E-state index in [-0.39, 0.29) is 18.1 Å². The van der Waals surface area contributed by atoms with Gasteiger partial charge in [-0.3, -0.25) is 0 Å². The number of hydrogen-bond acceptors (Lipinski definition) is 4. The third kappa shape index (κ3) is 2.79. The summed E-state index contributed by atoms with van der Waals surface area (Å²) in [6.07, 6.45) is 1.95. The molecular weight excluding hydrogens is 286 g/mol. The molecule has 0 bridgehead atoms. The third-order valence-corrected chi connectivity index (χ3v) is 3.40. The molecule has 0 aliphatic heterocycles. The summed E-state index contributed by atoms with van der Waals surface area (Å²) in [5.41, 5.74) is 6.19. The second-order valence-corrected chi connectivity index (χ2v) is 4.96. The Balaban J connectivity index is 2.06. The first kappa shape index (κ1) is 12.4. The van der Waals surface area contributed by atoms with Crippen LogP contribution in [0.3, 0.4) is 0 Å². The average Bonchev–Trinajstić information content (AvgIpc) is 2.28. The SMILES string of the molecule is COC(=O)c1ccc(OC2CC(N)C2)c(Br)c1. The molecule has 1 aliphatic carbocycles. The second-order valence-electron chi connectivity index (χ2n) is 4.11. The first-order chi connectivity index (χ1) is 8.10. The van der Waals surface area contributed by atoms with Crippen LogP contribution < -0.4 is 10.5 Å². The van der Waals surface area contributed by atoms with E-state index in [4.69, 9.17) is 10.5 Å². The third-order valence-electron chi connectivity index (χ3n) is 2.78. The zero-order valence-corrected chi connectivity index (χ0v) is 11.1. The minimum Gasteiger partial charge on any atom is -0.489 e. The normalized spacial score (nSPS) is 22.8. The Morgan fingerprint density at radius 2 is 2.18 bits per heavy atom. The van der Waals surface area contributed by atoms with Crippen molar-refractivity contribution >= 4 is 21.9 Å². The molecule has 0 amide bonds. The van der Waals surface area contributed by atoms with Gasteiger partial charge in [0.1, 0.15) is 11.9 Å². The zero-order valence-electron chi connectivity index (χ0n) is 9.48. The summed E-state index contributed by atoms with van der Waals surface area (Å²) in [7, 11) is 1.36. The highest BCUT2D eigenvalue weighted by Crippen LogP contribution is 2.31. The molecule has 2 rings (SSSR count). The predicted octanol–water partition coefficient (Wildman–Crippen LogP) is 2.10. The number of carbonyl (C=O) groups is 1. The fraction of sp³-hybridized carbons (Fsp3) is 0.417. The summed E-state index contributed by atoms with van der Waals surface area (Å²) in [5.74, 6) is 0.373. The number of methoxy groups -OCH3 is 1. The molecule has 5 heteroatoms. The lowest BCUT2D eigenvalue weighted by atomic mass is 9.90. The average molecular weight is 300 g/mol. The van der Waals surface area contributed by atoms with Gasteiger partial charge in [0.05, 0.1) is 17.1 Å². The number of nitrogens with two attached hydrogens (primary N) is 1. The maximum Gasteiger partial charge on any atom is 0.337 e. The molecule has 92 valence electrons. The van der Waals surface area contributed by atoms with Crippen LogP contribution in [0.2, 0.25) is 0 Å². The molecule has 4 nitrogen and oxygen atoms in total. The van der Waals surface area contributed by atoms with Crippen molar-refractivity contribution in [3.05, 3.63) is 28.2 Å². The minimum absolute atomic E-state index is 0.185. The Morgan fingerprint density at radius 3 is 2.71 bits per heavy atom. The van der Waals surface area contributed by atoms with Gasteiger partial charge in [-0.2, -0.15) is 0 Å². The van der Waals surface area contributed by atoms with Gasteiger partial charge in [0.2, 0.25) is 0 Å². The molecule has 1 fully saturated rings. The van der Waals surface area contributed by atoms with Gasteiger partial charge in [-0.15, -0.1) is 0 Å². The van der Waals surface area contributed by atoms with Gasteiger partial charge in [-0.1, -0.05) is 0 Å². The first-order valence-corrected chi connectivity index (χ1v) is 6.19. The highest BCUT2D eigenvalue weighted by Gasteiger charge is 2.28. The maximum atomic E-state index is 11.3. The number of benzene rings is 1. The van der Waals surface area contributed by atoms with Gasteiger partial charge in [-0.05, 0) is 47.0 Å². The molecule has 1 aromatic carbocycles. The lowest BCUT2D eigenvalue weighted by Crippen LogP contribution is -2.43. The van der Waals surface area contributed by atoms with Crippen LogP contribution in [0.5, 0.6) is 5.75 Å². The van der Waals surface area contributed by atoms with Crippen molar-refractivity contribution in [2.45, 2.75) is 25.0 Å². The van der Waals surface area contributed by atoms with Crippen molar-refractivity contribution in [1.29, 1.82) is 0 Å². The summed E-state index contributed by atoms with van der Waals surface area (Å²) in [6.45, 7) is 0. The molecule has 1 aliphatic rings. The standard InChI is InChI=1S/C12H14BrNO3/c1-16-12(15)7-2-3-11(10(13)4-7)17-9-5-8(14)6-9/h2-4,8-9H,5-6,14H2,1H3. The fourth-order valence-corrected chi connectivity index (χ4v) is 2.20. The fourth-order valence-electron chi connectivity index (χ4n) is 1.72. The van der Waals surface area contributed by atoms with Gasteiger partial charge < -0.3 is 15.2 Å². The number of hydrogen-bond donors (Lipinski definition) is 1. The van der Waals surface area contributed by atoms with Gasteiger partial charge >= 0.3 is 5.97 Å². The van der Waals surface area contributed by atoms with E-state index in [1.807, 2.05) is 0 Å². The molecule has 17 heavy (non-hydrogen) atoms. The lowest BCUT2D eigenvalue weighted by molar-refractivity contribution is 0.0600. The minimum atomic E-state index is -0.358. The van der Waals surface area contributed by atoms with Crippen LogP contribution in [0.4, 0.5) is 0 Å². The molecule has 1 aromatic rings. The van der Waals surface area contributed by atoms with E-state index in [1.54, 1.807) is 18.2 Å². The molecule has 0 saturated heterocycles. The zero-order chi connectivity index (χ0) is 12.4. The van der Waals surface area contributed by atoms with Gasteiger partial charge in [0.15, 0.2) is 0 Å². The highest BCUT2D eigenvalue weighted by atomic mass is 79.9. The van der Waals surface area contributed by atoms with Crippen molar-refractivity contribution in [3.8, 4) is 5.75 Å². The van der Waals surface area contributed by atoms with Crippen molar-refractivity contribution in [3.63, 3.8) is 0 Å². The van der Waals surface area contributed by atoms with Crippen LogP contribution in [0.15, 0.2) is 22.7 Å². The first-order valence-electron chi connectivity index (χ1n) is 5.40. The number of rotatable bonds is 3. The van der Waals surface area contributed by atoms with E-state index in [0.29, 0.717) is 5.56 Å². The Bertz CT molecular complexity index is 430. The van der Waals surface area contributed by atoms with Crippen molar-refractivity contribution in [2.75, 3.05) is 7.11 Å². The van der Waals surface area contributed by atoms with Crippen LogP contribution in [-0.2, 0) is 4.74 Å². The summed E-state index contributed by atoms with van der Waals surface area (Å²) < 4.78 is 11.1. The molecule has 2 N–H and O–H groups in total. The van der Waals surface area contributed by atoms with E-state index in [1.165, 1.54) is 7.11 Å². The summed E-state index contributed by atoms with van der Waals surface area (Å²) >= 11 is 3.38. The molecule has 1 saturated carbocycles. The largest absolute Gasteiger partial charge is 0.489 e. The van der Waals surface area contributed by atoms with E-state index in [9.17, 15) is 4.79 Å². The number of halogens is 1. The Kier molecular flexibility index (Phi) is 3.69. The summed E-state index contributed by atoms with van der Waals surface area (Å²) in [4.78, 5) is 11.3. The number of carbonyl (C=O) groups excluding carboxylic acids is 1. The molecule has 0 heterocycles. The number of ether oxygens (including phenoxy) is 2. The smallest absolute Gasteiger partial charge is 0.337 e. The topological polar surface area (TPSA) is 61.5 Å². The molecule has 0 unspecified atom stereocenters. The van der Waals surface area contributed by atoms with Crippen molar-refractivity contribution in [1.82, 2.24) is 0 Å². The van der Waals surface area contributed by atoms with Gasteiger partial charge in [-0.25, -0.2) is 4.79 Å². The van der Waals surface area contributed by atoms with Crippen molar-refractivity contribution in [2.24, 2.45) is 5.73 Å². The lowest BCUT2D eigenvalue weighted by Gasteiger charge is -2.32. The van der Waals surface area contributed by atoms with E-state index >= 15 is 0 Å². The summed E-state index contributed by atoms with van der Waals surface area (Å²) in [5, 5.41) is 0. The van der Waals surface area contributed by atoms with E-state index < -0.39 is 0 Å². The molecular formula is C12H14BrNO3. The van der Waals surface area contributed by atoms with Crippen LogP contribution in [0.25, 0.3) is 0 Å². The van der Waals surface area contributed by atoms with E-state index in [0.717, 1.165) is 23.1 Å². The highest BCUT2D eigenvalue weighted by molar-refractivity contribution is 9.10. The Hall–Kier alpha value is -1.07. The summed E-state index contributed by atoms with van der Waals surface area (Å²) in [6, 6.07) is 5.40. The Labute approximate surface area is 108 Å². The van der Waals surface area contributed by atoms with E-state index in [2.05, 4.69) is 20.7 Å². The molecule has 0 radical (unpaired) electrons. The van der Waals surface area contributed by atoms with Crippen LogP contribution >= 0.6 is 15.9 Å². The molecule has 0 atom stereocenters. The Morgan fingerprint density at radius 1 is 1.47 bits per heavy atom. The maximum absolute atomic E-state index is 11.3. The monoisotopic (exact) mass is 299 g/mol. The quantitative estimate of drug-likeness (QED) is 0.868. The van der Waals surface area contributed by atoms with Crippen LogP contribution in [-0.4, -0.2) is 25.2 Å². The van der Waals surface area contributed by atoms with Crippen molar-refractivity contribution < 1.29 is 14.3 Å². The molecule has 0 aromatic heterocycles. The second kappa shape index (κ2) is 5.06.